The number of nitrogens with one attached hydrogen (secondary N) is 2. The van der Waals surface area contributed by atoms with Crippen LogP contribution >= 0.6 is 15.9 Å². The standard InChI is InChI=1S/C15H13BrN2O6/c1-8(15(21)22)17-13(19)10(7-9-3-2-6-23-9)18-14(20)11-4-5-12(16)24-11/h2-8H,1H3,(H,17,19)(H,18,20)(H,21,22)/b10-7-/t8-/m1/s1. The third-order valence-electron chi connectivity index (χ3n) is 2.84. The molecule has 2 amide bonds. The molecule has 0 saturated heterocycles. The predicted octanol–water partition coefficient (Wildman–Crippen LogP) is 2.00. The summed E-state index contributed by atoms with van der Waals surface area (Å²) < 4.78 is 10.6. The van der Waals surface area contributed by atoms with E-state index in [2.05, 4.69) is 26.6 Å². The third kappa shape index (κ3) is 4.59. The molecule has 0 radical (unpaired) electrons. The van der Waals surface area contributed by atoms with Crippen molar-refractivity contribution in [2.75, 3.05) is 0 Å². The number of carboxylic acids is 1. The van der Waals surface area contributed by atoms with Crippen molar-refractivity contribution >= 4 is 39.8 Å². The zero-order chi connectivity index (χ0) is 17.7. The number of hydrogen-bond acceptors (Lipinski definition) is 5. The van der Waals surface area contributed by atoms with Gasteiger partial charge >= 0.3 is 5.97 Å². The van der Waals surface area contributed by atoms with Gasteiger partial charge in [-0.3, -0.25) is 14.4 Å². The zero-order valence-corrected chi connectivity index (χ0v) is 14.0. The van der Waals surface area contributed by atoms with Gasteiger partial charge < -0.3 is 24.6 Å². The van der Waals surface area contributed by atoms with Crippen LogP contribution in [0.2, 0.25) is 0 Å². The molecule has 0 spiro atoms. The van der Waals surface area contributed by atoms with Crippen molar-refractivity contribution in [3.8, 4) is 0 Å². The summed E-state index contributed by atoms with van der Waals surface area (Å²) in [6, 6.07) is 4.99. The predicted molar refractivity (Wildman–Crippen MR) is 85.8 cm³/mol. The van der Waals surface area contributed by atoms with Gasteiger partial charge in [0, 0.05) is 6.08 Å². The van der Waals surface area contributed by atoms with Gasteiger partial charge in [0.1, 0.15) is 17.5 Å². The first-order chi connectivity index (χ1) is 11.4. The highest BCUT2D eigenvalue weighted by Gasteiger charge is 2.21. The number of rotatable bonds is 6. The van der Waals surface area contributed by atoms with Gasteiger partial charge in [0.25, 0.3) is 11.8 Å². The van der Waals surface area contributed by atoms with E-state index in [-0.39, 0.29) is 11.5 Å². The lowest BCUT2D eigenvalue weighted by molar-refractivity contribution is -0.140. The number of carbonyl (C=O) groups is 3. The van der Waals surface area contributed by atoms with Crippen LogP contribution in [0.3, 0.4) is 0 Å². The van der Waals surface area contributed by atoms with E-state index in [4.69, 9.17) is 13.9 Å². The van der Waals surface area contributed by atoms with E-state index in [0.717, 1.165) is 0 Å². The SMILES string of the molecule is C[C@@H](NC(=O)/C(=C/c1ccco1)NC(=O)c1ccc(Br)o1)C(=O)O. The first-order valence-electron chi connectivity index (χ1n) is 6.72. The van der Waals surface area contributed by atoms with Crippen LogP contribution in [0.4, 0.5) is 0 Å². The van der Waals surface area contributed by atoms with Gasteiger partial charge in [0.05, 0.1) is 6.26 Å². The van der Waals surface area contributed by atoms with Crippen LogP contribution in [0, 0.1) is 0 Å². The molecule has 3 N–H and O–H groups in total. The van der Waals surface area contributed by atoms with Crippen LogP contribution in [0.1, 0.15) is 23.2 Å². The average molecular weight is 397 g/mol. The highest BCUT2D eigenvalue weighted by molar-refractivity contribution is 9.10. The normalized spacial score (nSPS) is 12.5. The smallest absolute Gasteiger partial charge is 0.325 e. The minimum atomic E-state index is -1.21. The molecule has 2 aromatic heterocycles. The maximum atomic E-state index is 12.2. The number of halogens is 1. The number of hydrogen-bond donors (Lipinski definition) is 3. The van der Waals surface area contributed by atoms with Gasteiger partial charge in [-0.2, -0.15) is 0 Å². The van der Waals surface area contributed by atoms with Crippen molar-refractivity contribution in [3.63, 3.8) is 0 Å². The second-order valence-electron chi connectivity index (χ2n) is 4.66. The molecule has 0 unspecified atom stereocenters. The lowest BCUT2D eigenvalue weighted by atomic mass is 10.2. The Morgan fingerprint density at radius 1 is 1.29 bits per heavy atom. The molecule has 0 aliphatic carbocycles. The Hall–Kier alpha value is -2.81. The van der Waals surface area contributed by atoms with Crippen LogP contribution in [0.5, 0.6) is 0 Å². The molecule has 0 saturated carbocycles. The van der Waals surface area contributed by atoms with Gasteiger partial charge in [-0.1, -0.05) is 0 Å². The summed E-state index contributed by atoms with van der Waals surface area (Å²) in [5, 5.41) is 13.5. The van der Waals surface area contributed by atoms with Crippen molar-refractivity contribution < 1.29 is 28.3 Å². The first-order valence-corrected chi connectivity index (χ1v) is 7.51. The van der Waals surface area contributed by atoms with E-state index >= 15 is 0 Å². The van der Waals surface area contributed by atoms with E-state index in [9.17, 15) is 14.4 Å². The van der Waals surface area contributed by atoms with Crippen molar-refractivity contribution in [2.24, 2.45) is 0 Å². The molecule has 1 atom stereocenters. The summed E-state index contributed by atoms with van der Waals surface area (Å²) in [6.07, 6.45) is 2.67. The van der Waals surface area contributed by atoms with Gasteiger partial charge in [-0.05, 0) is 47.1 Å². The van der Waals surface area contributed by atoms with Crippen LogP contribution in [0.15, 0.2) is 49.7 Å². The molecule has 0 bridgehead atoms. The van der Waals surface area contributed by atoms with E-state index in [1.165, 1.54) is 31.4 Å². The molecule has 0 fully saturated rings. The van der Waals surface area contributed by atoms with E-state index in [1.54, 1.807) is 12.1 Å². The summed E-state index contributed by atoms with van der Waals surface area (Å²) in [7, 11) is 0. The molecule has 2 rings (SSSR count). The van der Waals surface area contributed by atoms with Gasteiger partial charge in [-0.15, -0.1) is 0 Å². The third-order valence-corrected chi connectivity index (χ3v) is 3.26. The van der Waals surface area contributed by atoms with Crippen LogP contribution in [-0.2, 0) is 9.59 Å². The lowest BCUT2D eigenvalue weighted by Crippen LogP contribution is -2.42. The van der Waals surface area contributed by atoms with Crippen molar-refractivity contribution in [3.05, 3.63) is 52.4 Å². The number of amides is 2. The van der Waals surface area contributed by atoms with Gasteiger partial charge in [0.2, 0.25) is 0 Å². The Morgan fingerprint density at radius 2 is 2.04 bits per heavy atom. The van der Waals surface area contributed by atoms with Crippen molar-refractivity contribution in [1.29, 1.82) is 0 Å². The second kappa shape index (κ2) is 7.64. The molecule has 8 nitrogen and oxygen atoms in total. The van der Waals surface area contributed by atoms with Crippen molar-refractivity contribution in [2.45, 2.75) is 13.0 Å². The molecule has 0 aliphatic heterocycles. The molecular weight excluding hydrogens is 384 g/mol. The van der Waals surface area contributed by atoms with E-state index < -0.39 is 23.8 Å². The van der Waals surface area contributed by atoms with E-state index in [0.29, 0.717) is 10.4 Å². The fourth-order valence-electron chi connectivity index (χ4n) is 1.63. The Kier molecular flexibility index (Phi) is 5.59. The van der Waals surface area contributed by atoms with Gasteiger partial charge in [-0.25, -0.2) is 0 Å². The Bertz CT molecular complexity index is 778. The molecule has 126 valence electrons. The quantitative estimate of drug-likeness (QED) is 0.641. The highest BCUT2D eigenvalue weighted by Crippen LogP contribution is 2.14. The largest absolute Gasteiger partial charge is 0.480 e. The Balaban J connectivity index is 2.21. The number of aliphatic carboxylic acids is 1. The summed E-state index contributed by atoms with van der Waals surface area (Å²) in [5.74, 6) is -2.37. The Labute approximate surface area is 144 Å². The van der Waals surface area contributed by atoms with Crippen LogP contribution in [0.25, 0.3) is 6.08 Å². The lowest BCUT2D eigenvalue weighted by Gasteiger charge is -2.12. The maximum absolute atomic E-state index is 12.2. The molecule has 0 aromatic carbocycles. The second-order valence-corrected chi connectivity index (χ2v) is 5.45. The molecule has 0 aliphatic rings. The maximum Gasteiger partial charge on any atom is 0.325 e. The zero-order valence-electron chi connectivity index (χ0n) is 12.4. The van der Waals surface area contributed by atoms with E-state index in [1.807, 2.05) is 0 Å². The molecule has 24 heavy (non-hydrogen) atoms. The molecular formula is C15H13BrN2O6. The summed E-state index contributed by atoms with van der Waals surface area (Å²) in [6.45, 7) is 1.30. The fourth-order valence-corrected chi connectivity index (χ4v) is 1.94. The molecule has 2 aromatic rings. The molecule has 2 heterocycles. The topological polar surface area (TPSA) is 122 Å². The summed E-state index contributed by atoms with van der Waals surface area (Å²) >= 11 is 3.07. The minimum Gasteiger partial charge on any atom is -0.480 e. The summed E-state index contributed by atoms with van der Waals surface area (Å²) in [5.41, 5.74) is -0.185. The average Bonchev–Trinajstić information content (AvgIpc) is 3.17. The number of furan rings is 2. The Morgan fingerprint density at radius 3 is 2.58 bits per heavy atom. The minimum absolute atomic E-state index is 0.0219. The number of carbonyl (C=O) groups excluding carboxylic acids is 2. The van der Waals surface area contributed by atoms with Crippen LogP contribution < -0.4 is 10.6 Å². The number of carboxylic acid groups (broad SMARTS) is 1. The fraction of sp³-hybridized carbons (Fsp3) is 0.133. The van der Waals surface area contributed by atoms with Crippen LogP contribution in [-0.4, -0.2) is 28.9 Å². The summed E-state index contributed by atoms with van der Waals surface area (Å²) in [4.78, 5) is 35.2. The molecule has 9 heteroatoms. The van der Waals surface area contributed by atoms with Gasteiger partial charge in [0.15, 0.2) is 10.4 Å². The first kappa shape index (κ1) is 17.5. The van der Waals surface area contributed by atoms with Crippen molar-refractivity contribution in [1.82, 2.24) is 10.6 Å². The highest BCUT2D eigenvalue weighted by atomic mass is 79.9. The monoisotopic (exact) mass is 396 g/mol.